The zero-order valence-corrected chi connectivity index (χ0v) is 12.9. The molecule has 3 aromatic rings. The van der Waals surface area contributed by atoms with Crippen LogP contribution >= 0.6 is 11.6 Å². The molecule has 1 aromatic heterocycles. The quantitative estimate of drug-likeness (QED) is 0.668. The molecule has 0 spiro atoms. The molecule has 0 aliphatic heterocycles. The minimum atomic E-state index is -0.477. The molecule has 0 aliphatic rings. The van der Waals surface area contributed by atoms with Gasteiger partial charge in [-0.05, 0) is 36.8 Å². The molecule has 0 atom stereocenters. The molecule has 6 heteroatoms. The zero-order valence-electron chi connectivity index (χ0n) is 12.2. The molecule has 2 aromatic carbocycles. The Kier molecular flexibility index (Phi) is 3.80. The molecule has 23 heavy (non-hydrogen) atoms. The van der Waals surface area contributed by atoms with Crippen molar-refractivity contribution >= 4 is 34.2 Å². The van der Waals surface area contributed by atoms with Crippen molar-refractivity contribution < 1.29 is 14.3 Å². The number of aromatic hydroxyl groups is 1. The van der Waals surface area contributed by atoms with Crippen LogP contribution in [0.25, 0.3) is 11.0 Å². The van der Waals surface area contributed by atoms with Gasteiger partial charge in [0, 0.05) is 16.1 Å². The van der Waals surface area contributed by atoms with Gasteiger partial charge in [0.1, 0.15) is 5.56 Å². The summed E-state index contributed by atoms with van der Waals surface area (Å²) in [4.78, 5) is 12.4. The molecule has 3 rings (SSSR count). The summed E-state index contributed by atoms with van der Waals surface area (Å²) in [6, 6.07) is 11.5. The van der Waals surface area contributed by atoms with Crippen molar-refractivity contribution in [3.8, 4) is 5.75 Å². The Labute approximate surface area is 136 Å². The lowest BCUT2D eigenvalue weighted by atomic mass is 10.1. The second kappa shape index (κ2) is 5.78. The highest BCUT2D eigenvalue weighted by Crippen LogP contribution is 2.25. The topological polar surface area (TPSA) is 86.3 Å². The van der Waals surface area contributed by atoms with Crippen LogP contribution < -0.4 is 10.9 Å². The number of rotatable bonds is 2. The van der Waals surface area contributed by atoms with Crippen LogP contribution in [-0.2, 0) is 0 Å². The van der Waals surface area contributed by atoms with E-state index < -0.39 is 5.91 Å². The van der Waals surface area contributed by atoms with E-state index in [0.29, 0.717) is 16.1 Å². The summed E-state index contributed by atoms with van der Waals surface area (Å²) in [6.07, 6.45) is 0. The predicted molar refractivity (Wildman–Crippen MR) is 87.9 cm³/mol. The van der Waals surface area contributed by atoms with Crippen LogP contribution in [-0.4, -0.2) is 11.0 Å². The number of hydrogen-bond donors (Lipinski definition) is 3. The van der Waals surface area contributed by atoms with Crippen LogP contribution in [0.15, 0.2) is 46.9 Å². The lowest BCUT2D eigenvalue weighted by molar-refractivity contribution is 0.102. The molecule has 1 heterocycles. The lowest BCUT2D eigenvalue weighted by Gasteiger charge is -2.10. The second-order valence-electron chi connectivity index (χ2n) is 5.05. The number of nitrogens with one attached hydrogen (secondary N) is 2. The summed E-state index contributed by atoms with van der Waals surface area (Å²) in [6.45, 7) is 1.79. The number of carbonyl (C=O) groups excluding carboxylic acids is 1. The number of phenolic OH excluding ortho intramolecular Hbond substituents is 1. The number of benzene rings is 2. The van der Waals surface area contributed by atoms with Gasteiger partial charge in [-0.2, -0.15) is 0 Å². The van der Waals surface area contributed by atoms with Gasteiger partial charge < -0.3 is 14.8 Å². The Hall–Kier alpha value is -2.79. The summed E-state index contributed by atoms with van der Waals surface area (Å²) in [5.41, 5.74) is 1.23. The maximum absolute atomic E-state index is 12.4. The summed E-state index contributed by atoms with van der Waals surface area (Å²) >= 11 is 6.04. The summed E-state index contributed by atoms with van der Waals surface area (Å²) in [7, 11) is 0. The molecule has 0 fully saturated rings. The molecule has 3 N–H and O–H groups in total. The van der Waals surface area contributed by atoms with Crippen molar-refractivity contribution in [1.29, 1.82) is 5.41 Å². The first-order valence-electron chi connectivity index (χ1n) is 6.84. The van der Waals surface area contributed by atoms with Crippen LogP contribution in [0.4, 0.5) is 5.69 Å². The first-order valence-corrected chi connectivity index (χ1v) is 7.22. The Morgan fingerprint density at radius 2 is 2.00 bits per heavy atom. The second-order valence-corrected chi connectivity index (χ2v) is 5.46. The van der Waals surface area contributed by atoms with Crippen LogP contribution in [0, 0.1) is 12.3 Å². The minimum absolute atomic E-state index is 0.0717. The first-order chi connectivity index (χ1) is 11.0. The van der Waals surface area contributed by atoms with Gasteiger partial charge in [0.2, 0.25) is 5.55 Å². The van der Waals surface area contributed by atoms with Crippen molar-refractivity contribution in [1.82, 2.24) is 0 Å². The SMILES string of the molecule is Cc1c(Cl)cccc1NC(=O)c1cc2cccc(O)c2oc1=N. The summed E-state index contributed by atoms with van der Waals surface area (Å²) < 4.78 is 5.27. The van der Waals surface area contributed by atoms with Crippen LogP contribution in [0.3, 0.4) is 0 Å². The number of para-hydroxylation sites is 1. The fourth-order valence-corrected chi connectivity index (χ4v) is 2.42. The highest BCUT2D eigenvalue weighted by molar-refractivity contribution is 6.31. The molecule has 116 valence electrons. The smallest absolute Gasteiger partial charge is 0.261 e. The van der Waals surface area contributed by atoms with E-state index in [9.17, 15) is 9.90 Å². The van der Waals surface area contributed by atoms with E-state index in [4.69, 9.17) is 21.4 Å². The Morgan fingerprint density at radius 1 is 1.26 bits per heavy atom. The Morgan fingerprint density at radius 3 is 2.78 bits per heavy atom. The summed E-state index contributed by atoms with van der Waals surface area (Å²) in [5.74, 6) is -0.553. The van der Waals surface area contributed by atoms with Crippen LogP contribution in [0.5, 0.6) is 5.75 Å². The molecule has 0 radical (unpaired) electrons. The van der Waals surface area contributed by atoms with E-state index in [1.807, 2.05) is 0 Å². The number of carbonyl (C=O) groups is 1. The van der Waals surface area contributed by atoms with Gasteiger partial charge >= 0.3 is 0 Å². The van der Waals surface area contributed by atoms with Crippen LogP contribution in [0.2, 0.25) is 5.02 Å². The van der Waals surface area contributed by atoms with Gasteiger partial charge in [0.25, 0.3) is 5.91 Å². The van der Waals surface area contributed by atoms with Crippen molar-refractivity contribution in [2.75, 3.05) is 5.32 Å². The van der Waals surface area contributed by atoms with E-state index in [-0.39, 0.29) is 22.5 Å². The average Bonchev–Trinajstić information content (AvgIpc) is 2.52. The number of amides is 1. The molecular weight excluding hydrogens is 316 g/mol. The third-order valence-electron chi connectivity index (χ3n) is 3.53. The van der Waals surface area contributed by atoms with Crippen molar-refractivity contribution in [3.63, 3.8) is 0 Å². The van der Waals surface area contributed by atoms with E-state index >= 15 is 0 Å². The molecule has 1 amide bonds. The fraction of sp³-hybridized carbons (Fsp3) is 0.0588. The summed E-state index contributed by atoms with van der Waals surface area (Å²) in [5, 5.41) is 21.4. The van der Waals surface area contributed by atoms with Gasteiger partial charge in [-0.3, -0.25) is 10.2 Å². The lowest BCUT2D eigenvalue weighted by Crippen LogP contribution is -2.21. The van der Waals surface area contributed by atoms with E-state index in [1.165, 1.54) is 12.1 Å². The van der Waals surface area contributed by atoms with Crippen LogP contribution in [0.1, 0.15) is 15.9 Å². The number of phenols is 1. The van der Waals surface area contributed by atoms with E-state index in [1.54, 1.807) is 37.3 Å². The highest BCUT2D eigenvalue weighted by atomic mass is 35.5. The average molecular weight is 329 g/mol. The molecule has 0 bridgehead atoms. The first kappa shape index (κ1) is 15.1. The van der Waals surface area contributed by atoms with Gasteiger partial charge in [-0.15, -0.1) is 0 Å². The Bertz CT molecular complexity index is 979. The number of fused-ring (bicyclic) bond motifs is 1. The normalized spacial score (nSPS) is 10.7. The molecular formula is C17H13ClN2O3. The van der Waals surface area contributed by atoms with Crippen molar-refractivity contribution in [2.45, 2.75) is 6.92 Å². The van der Waals surface area contributed by atoms with Gasteiger partial charge in [-0.25, -0.2) is 0 Å². The van der Waals surface area contributed by atoms with Crippen molar-refractivity contribution in [3.05, 3.63) is 64.2 Å². The minimum Gasteiger partial charge on any atom is -0.504 e. The van der Waals surface area contributed by atoms with E-state index in [0.717, 1.165) is 5.56 Å². The third kappa shape index (κ3) is 2.78. The maximum atomic E-state index is 12.4. The van der Waals surface area contributed by atoms with Crippen molar-refractivity contribution in [2.24, 2.45) is 0 Å². The Balaban J connectivity index is 2.03. The standard InChI is InChI=1S/C17H13ClN2O3/c1-9-12(18)5-3-6-13(9)20-17(22)11-8-10-4-2-7-14(21)15(10)23-16(11)19/h2-8,19,21H,1H3,(H,20,22). The maximum Gasteiger partial charge on any atom is 0.261 e. The molecule has 0 saturated carbocycles. The van der Waals surface area contributed by atoms with E-state index in [2.05, 4.69) is 5.32 Å². The highest BCUT2D eigenvalue weighted by Gasteiger charge is 2.14. The molecule has 5 nitrogen and oxygen atoms in total. The predicted octanol–water partition coefficient (Wildman–Crippen LogP) is 3.83. The number of halogens is 1. The number of anilines is 1. The molecule has 0 saturated heterocycles. The number of hydrogen-bond acceptors (Lipinski definition) is 4. The monoisotopic (exact) mass is 328 g/mol. The fourth-order valence-electron chi connectivity index (χ4n) is 2.25. The molecule has 0 unspecified atom stereocenters. The molecule has 0 aliphatic carbocycles. The third-order valence-corrected chi connectivity index (χ3v) is 3.94. The van der Waals surface area contributed by atoms with Gasteiger partial charge in [0.05, 0.1) is 0 Å². The largest absolute Gasteiger partial charge is 0.504 e. The zero-order chi connectivity index (χ0) is 16.6. The van der Waals surface area contributed by atoms with Gasteiger partial charge in [-0.1, -0.05) is 29.8 Å². The van der Waals surface area contributed by atoms with Gasteiger partial charge in [0.15, 0.2) is 11.3 Å².